The van der Waals surface area contributed by atoms with Crippen LogP contribution in [-0.4, -0.2) is 37.3 Å². The van der Waals surface area contributed by atoms with Gasteiger partial charge in [0, 0.05) is 22.6 Å². The lowest BCUT2D eigenvalue weighted by Crippen LogP contribution is -2.31. The molecule has 0 spiro atoms. The second-order valence-corrected chi connectivity index (χ2v) is 10.2. The van der Waals surface area contributed by atoms with E-state index in [2.05, 4.69) is 22.0 Å². The molecule has 1 atom stereocenters. The Kier molecular flexibility index (Phi) is 10.0. The van der Waals surface area contributed by atoms with E-state index in [9.17, 15) is 19.6 Å². The number of rotatable bonds is 10. The van der Waals surface area contributed by atoms with Crippen molar-refractivity contribution in [1.29, 1.82) is 5.26 Å². The Morgan fingerprint density at radius 3 is 2.21 bits per heavy atom. The lowest BCUT2D eigenvalue weighted by atomic mass is 9.82. The van der Waals surface area contributed by atoms with E-state index >= 15 is 0 Å². The van der Waals surface area contributed by atoms with Crippen molar-refractivity contribution in [2.45, 2.75) is 19.8 Å². The van der Waals surface area contributed by atoms with Crippen molar-refractivity contribution < 1.29 is 23.9 Å². The number of thioether (sulfide) groups is 1. The van der Waals surface area contributed by atoms with Gasteiger partial charge in [0.2, 0.25) is 5.91 Å². The smallest absolute Gasteiger partial charge is 0.338 e. The van der Waals surface area contributed by atoms with Crippen LogP contribution in [-0.2, 0) is 14.3 Å². The molecular weight excluding hydrogens is 552 g/mol. The number of nitriles is 1. The maximum absolute atomic E-state index is 13.7. The van der Waals surface area contributed by atoms with Crippen LogP contribution in [0, 0.1) is 11.3 Å². The van der Waals surface area contributed by atoms with Crippen molar-refractivity contribution in [2.75, 3.05) is 30.1 Å². The van der Waals surface area contributed by atoms with Crippen molar-refractivity contribution >= 4 is 40.9 Å². The lowest BCUT2D eigenvalue weighted by molar-refractivity contribution is -0.114. The summed E-state index contributed by atoms with van der Waals surface area (Å²) in [6.45, 7) is 3.76. The van der Waals surface area contributed by atoms with Crippen molar-refractivity contribution in [3.05, 3.63) is 112 Å². The summed E-state index contributed by atoms with van der Waals surface area (Å²) >= 11 is 1.19. The van der Waals surface area contributed by atoms with Gasteiger partial charge in [0.15, 0.2) is 0 Å². The lowest BCUT2D eigenvalue weighted by Gasteiger charge is -2.30. The fraction of sp³-hybridized carbons (Fsp3) is 0.188. The van der Waals surface area contributed by atoms with Gasteiger partial charge in [-0.1, -0.05) is 42.1 Å². The second kappa shape index (κ2) is 14.1. The molecule has 3 aromatic rings. The number of allylic oxidation sites excluding steroid dienone is 2. The topological polar surface area (TPSA) is 130 Å². The molecule has 4 rings (SSSR count). The molecule has 0 fully saturated rings. The van der Waals surface area contributed by atoms with E-state index in [-0.39, 0.29) is 18.3 Å². The number of nitrogens with one attached hydrogen (secondary N) is 3. The third-order valence-electron chi connectivity index (χ3n) is 6.40. The Morgan fingerprint density at radius 1 is 0.952 bits per heavy atom. The Hall–Kier alpha value is -5.01. The minimum Gasteiger partial charge on any atom is -0.497 e. The number of benzene rings is 3. The molecular formula is C32H30N4O5S. The fourth-order valence-corrected chi connectivity index (χ4v) is 5.31. The van der Waals surface area contributed by atoms with Gasteiger partial charge in [0.25, 0.3) is 5.91 Å². The van der Waals surface area contributed by atoms with E-state index in [1.165, 1.54) is 11.8 Å². The Bertz CT molecular complexity index is 1560. The van der Waals surface area contributed by atoms with Gasteiger partial charge in [-0.05, 0) is 67.9 Å². The van der Waals surface area contributed by atoms with Crippen molar-refractivity contribution in [1.82, 2.24) is 5.32 Å². The molecule has 0 saturated carbocycles. The maximum Gasteiger partial charge on any atom is 0.338 e. The average Bonchev–Trinajstić information content (AvgIpc) is 3.00. The predicted molar refractivity (Wildman–Crippen MR) is 163 cm³/mol. The van der Waals surface area contributed by atoms with Gasteiger partial charge >= 0.3 is 5.97 Å². The molecule has 1 heterocycles. The van der Waals surface area contributed by atoms with Crippen LogP contribution in [0.25, 0.3) is 0 Å². The number of esters is 1. The van der Waals surface area contributed by atoms with Crippen LogP contribution in [0.1, 0.15) is 35.7 Å². The number of ether oxygens (including phenoxy) is 2. The van der Waals surface area contributed by atoms with Crippen LogP contribution in [0.2, 0.25) is 0 Å². The zero-order chi connectivity index (χ0) is 30.1. The van der Waals surface area contributed by atoms with E-state index in [0.29, 0.717) is 44.6 Å². The van der Waals surface area contributed by atoms with Crippen LogP contribution in [0.3, 0.4) is 0 Å². The van der Waals surface area contributed by atoms with Gasteiger partial charge in [-0.15, -0.1) is 0 Å². The summed E-state index contributed by atoms with van der Waals surface area (Å²) in [4.78, 5) is 38.4. The van der Waals surface area contributed by atoms with Gasteiger partial charge in [-0.3, -0.25) is 9.59 Å². The summed E-state index contributed by atoms with van der Waals surface area (Å²) in [5.41, 5.74) is 3.51. The van der Waals surface area contributed by atoms with E-state index in [1.54, 1.807) is 69.5 Å². The summed E-state index contributed by atoms with van der Waals surface area (Å²) in [6.07, 6.45) is 0. The molecule has 0 bridgehead atoms. The molecule has 0 saturated heterocycles. The summed E-state index contributed by atoms with van der Waals surface area (Å²) in [7, 11) is 1.57. The number of hydrogen-bond acceptors (Lipinski definition) is 8. The molecule has 0 aliphatic carbocycles. The van der Waals surface area contributed by atoms with Crippen LogP contribution >= 0.6 is 11.8 Å². The number of carbonyl (C=O) groups excluding carboxylic acids is 3. The normalized spacial score (nSPS) is 14.4. The van der Waals surface area contributed by atoms with E-state index in [0.717, 1.165) is 5.56 Å². The Morgan fingerprint density at radius 2 is 1.60 bits per heavy atom. The molecule has 3 aromatic carbocycles. The van der Waals surface area contributed by atoms with Crippen LogP contribution in [0.15, 0.2) is 101 Å². The van der Waals surface area contributed by atoms with Crippen LogP contribution in [0.4, 0.5) is 11.4 Å². The summed E-state index contributed by atoms with van der Waals surface area (Å²) < 4.78 is 10.2. The molecule has 2 amide bonds. The van der Waals surface area contributed by atoms with Gasteiger partial charge in [-0.25, -0.2) is 4.79 Å². The molecule has 1 aliphatic rings. The summed E-state index contributed by atoms with van der Waals surface area (Å²) in [5.74, 6) is -1.02. The van der Waals surface area contributed by atoms with E-state index < -0.39 is 17.8 Å². The number of hydrogen-bond donors (Lipinski definition) is 3. The van der Waals surface area contributed by atoms with Crippen molar-refractivity contribution in [2.24, 2.45) is 0 Å². The largest absolute Gasteiger partial charge is 0.497 e. The SMILES string of the molecule is CCOC(=O)c1ccc(NC(=O)C2=C(C)NC(SCC(=O)Nc3ccc(OC)cc3)=C(C#N)[C@@H]2c2ccccc2)cc1. The highest BCUT2D eigenvalue weighted by Gasteiger charge is 2.34. The minimum atomic E-state index is -0.664. The number of anilines is 2. The number of nitrogens with zero attached hydrogens (tertiary/aromatic N) is 1. The van der Waals surface area contributed by atoms with E-state index in [4.69, 9.17) is 9.47 Å². The first-order chi connectivity index (χ1) is 20.3. The first-order valence-electron chi connectivity index (χ1n) is 13.2. The quantitative estimate of drug-likeness (QED) is 0.264. The molecule has 42 heavy (non-hydrogen) atoms. The molecule has 3 N–H and O–H groups in total. The van der Waals surface area contributed by atoms with Gasteiger partial charge < -0.3 is 25.4 Å². The van der Waals surface area contributed by atoms with Gasteiger partial charge in [-0.2, -0.15) is 5.26 Å². The predicted octanol–water partition coefficient (Wildman–Crippen LogP) is 5.58. The monoisotopic (exact) mass is 582 g/mol. The number of dihydropyridines is 1. The highest BCUT2D eigenvalue weighted by molar-refractivity contribution is 8.03. The highest BCUT2D eigenvalue weighted by Crippen LogP contribution is 2.41. The third kappa shape index (κ3) is 7.19. The molecule has 214 valence electrons. The van der Waals surface area contributed by atoms with Crippen molar-refractivity contribution in [3.8, 4) is 11.8 Å². The van der Waals surface area contributed by atoms with Gasteiger partial charge in [0.1, 0.15) is 5.75 Å². The van der Waals surface area contributed by atoms with Gasteiger partial charge in [0.05, 0.1) is 47.6 Å². The second-order valence-electron chi connectivity index (χ2n) is 9.18. The number of carbonyl (C=O) groups is 3. The first kappa shape index (κ1) is 30.0. The number of amides is 2. The highest BCUT2D eigenvalue weighted by atomic mass is 32.2. The maximum atomic E-state index is 13.7. The molecule has 1 aliphatic heterocycles. The zero-order valence-corrected chi connectivity index (χ0v) is 24.2. The fourth-order valence-electron chi connectivity index (χ4n) is 4.42. The summed E-state index contributed by atoms with van der Waals surface area (Å²) in [6, 6.07) is 24.9. The molecule has 10 heteroatoms. The molecule has 0 radical (unpaired) electrons. The Balaban J connectivity index is 1.55. The molecule has 0 unspecified atom stereocenters. The number of methoxy groups -OCH3 is 1. The third-order valence-corrected chi connectivity index (χ3v) is 7.42. The van der Waals surface area contributed by atoms with Crippen LogP contribution < -0.4 is 20.7 Å². The van der Waals surface area contributed by atoms with E-state index in [1.807, 2.05) is 30.3 Å². The standard InChI is InChI=1S/C32H30N4O5S/c1-4-41-32(39)22-10-12-24(13-11-22)36-30(38)28-20(2)34-31(26(18-33)29(28)21-8-6-5-7-9-21)42-19-27(37)35-23-14-16-25(40-3)17-15-23/h5-17,29,34H,4,19H2,1-3H3,(H,35,37)(H,36,38)/t29-/m0/s1. The Labute approximate surface area is 248 Å². The van der Waals surface area contributed by atoms with Crippen LogP contribution in [0.5, 0.6) is 5.75 Å². The molecule has 0 aromatic heterocycles. The average molecular weight is 583 g/mol. The van der Waals surface area contributed by atoms with Crippen molar-refractivity contribution in [3.63, 3.8) is 0 Å². The zero-order valence-electron chi connectivity index (χ0n) is 23.4. The summed E-state index contributed by atoms with van der Waals surface area (Å²) in [5, 5.41) is 19.7. The molecule has 9 nitrogen and oxygen atoms in total. The first-order valence-corrected chi connectivity index (χ1v) is 14.1. The minimum absolute atomic E-state index is 0.0443.